The average molecular weight is 431 g/mol. The molecule has 0 unspecified atom stereocenters. The lowest BCUT2D eigenvalue weighted by molar-refractivity contribution is 0.688. The summed E-state index contributed by atoms with van der Waals surface area (Å²) in [5, 5.41) is 8.92. The lowest BCUT2D eigenvalue weighted by Crippen LogP contribution is -2.15. The van der Waals surface area contributed by atoms with Gasteiger partial charge < -0.3 is 15.5 Å². The molecule has 2 N–H and O–H groups in total. The molecule has 4 aromatic rings. The van der Waals surface area contributed by atoms with Gasteiger partial charge in [0.05, 0.1) is 5.52 Å². The third-order valence-electron chi connectivity index (χ3n) is 5.39. The molecule has 4 rings (SSSR count). The minimum atomic E-state index is 0.699. The maximum atomic E-state index is 6.11. The number of hydrogen-bond acceptors (Lipinski definition) is 4. The van der Waals surface area contributed by atoms with Crippen molar-refractivity contribution in [2.75, 3.05) is 24.3 Å². The number of hydrogen-bond donors (Lipinski definition) is 2. The monoisotopic (exact) mass is 430 g/mol. The Morgan fingerprint density at radius 1 is 0.839 bits per heavy atom. The number of nitrogens with zero attached hydrogens (tertiary/aromatic N) is 2. The smallest absolute Gasteiger partial charge is 0.0737 e. The summed E-state index contributed by atoms with van der Waals surface area (Å²) in [7, 11) is 4.12. The van der Waals surface area contributed by atoms with Crippen molar-refractivity contribution in [3.63, 3.8) is 0 Å². The van der Waals surface area contributed by atoms with Crippen LogP contribution in [0.15, 0.2) is 79.0 Å². The van der Waals surface area contributed by atoms with Gasteiger partial charge in [0.2, 0.25) is 0 Å². The molecule has 0 atom stereocenters. The minimum Gasteiger partial charge on any atom is -0.380 e. The number of aromatic nitrogens is 1. The Labute approximate surface area is 188 Å². The summed E-state index contributed by atoms with van der Waals surface area (Å²) in [6.07, 6.45) is 1.82. The zero-order valence-electron chi connectivity index (χ0n) is 17.9. The van der Waals surface area contributed by atoms with E-state index in [0.717, 1.165) is 36.2 Å². The van der Waals surface area contributed by atoms with Crippen LogP contribution in [0.2, 0.25) is 5.02 Å². The van der Waals surface area contributed by atoms with Gasteiger partial charge in [0, 0.05) is 61.7 Å². The molecule has 0 saturated heterocycles. The van der Waals surface area contributed by atoms with Crippen molar-refractivity contribution in [1.29, 1.82) is 0 Å². The van der Waals surface area contributed by atoms with E-state index in [4.69, 9.17) is 11.6 Å². The van der Waals surface area contributed by atoms with E-state index in [2.05, 4.69) is 83.1 Å². The predicted molar refractivity (Wildman–Crippen MR) is 132 cm³/mol. The summed E-state index contributed by atoms with van der Waals surface area (Å²) < 4.78 is 0. The van der Waals surface area contributed by atoms with E-state index >= 15 is 0 Å². The van der Waals surface area contributed by atoms with Crippen molar-refractivity contribution >= 4 is 33.9 Å². The number of fused-ring (bicyclic) bond motifs is 1. The Balaban J connectivity index is 1.40. The van der Waals surface area contributed by atoms with E-state index in [1.54, 1.807) is 0 Å². The summed E-state index contributed by atoms with van der Waals surface area (Å²) in [5.41, 5.74) is 7.02. The van der Waals surface area contributed by atoms with Gasteiger partial charge in [-0.05, 0) is 53.1 Å². The molecule has 0 aliphatic carbocycles. The first-order chi connectivity index (χ1) is 15.1. The molecule has 0 spiro atoms. The average Bonchev–Trinajstić information content (AvgIpc) is 2.78. The van der Waals surface area contributed by atoms with Gasteiger partial charge in [-0.1, -0.05) is 48.0 Å². The van der Waals surface area contributed by atoms with Gasteiger partial charge in [-0.3, -0.25) is 4.98 Å². The Bertz CT molecular complexity index is 1160. The normalized spacial score (nSPS) is 10.9. The van der Waals surface area contributed by atoms with E-state index in [-0.39, 0.29) is 0 Å². The van der Waals surface area contributed by atoms with E-state index < -0.39 is 0 Å². The molecule has 0 aliphatic heterocycles. The first-order valence-corrected chi connectivity index (χ1v) is 10.8. The van der Waals surface area contributed by atoms with Gasteiger partial charge >= 0.3 is 0 Å². The summed E-state index contributed by atoms with van der Waals surface area (Å²) in [4.78, 5) is 6.53. The second-order valence-electron chi connectivity index (χ2n) is 7.81. The van der Waals surface area contributed by atoms with Crippen molar-refractivity contribution in [3.05, 3.63) is 101 Å². The molecule has 0 aliphatic rings. The molecule has 0 bridgehead atoms. The van der Waals surface area contributed by atoms with E-state index in [0.29, 0.717) is 5.02 Å². The van der Waals surface area contributed by atoms with Gasteiger partial charge in [-0.15, -0.1) is 0 Å². The van der Waals surface area contributed by atoms with Crippen LogP contribution in [0.5, 0.6) is 0 Å². The molecule has 0 fully saturated rings. The molecule has 4 nitrogen and oxygen atoms in total. The summed E-state index contributed by atoms with van der Waals surface area (Å²) in [6, 6.07) is 25.0. The topological polar surface area (TPSA) is 40.2 Å². The highest BCUT2D eigenvalue weighted by Crippen LogP contribution is 2.25. The van der Waals surface area contributed by atoms with Crippen LogP contribution in [0.4, 0.5) is 11.4 Å². The fraction of sp³-hybridized carbons (Fsp3) is 0.192. The van der Waals surface area contributed by atoms with Crippen molar-refractivity contribution < 1.29 is 0 Å². The lowest BCUT2D eigenvalue weighted by atomic mass is 10.1. The van der Waals surface area contributed by atoms with Crippen LogP contribution in [0.1, 0.15) is 16.7 Å². The highest BCUT2D eigenvalue weighted by atomic mass is 35.5. The van der Waals surface area contributed by atoms with Crippen LogP contribution in [-0.4, -0.2) is 19.1 Å². The molecule has 0 saturated carbocycles. The SMILES string of the molecule is CN(C)c1ccc(CNCc2ccccc2CNc2ccnc3cc(Cl)ccc23)cc1. The van der Waals surface area contributed by atoms with Crippen LogP contribution in [0.25, 0.3) is 10.9 Å². The maximum Gasteiger partial charge on any atom is 0.0737 e. The van der Waals surface area contributed by atoms with Crippen molar-refractivity contribution in [2.45, 2.75) is 19.6 Å². The highest BCUT2D eigenvalue weighted by molar-refractivity contribution is 6.31. The molecule has 3 aromatic carbocycles. The van der Waals surface area contributed by atoms with Crippen LogP contribution in [0.3, 0.4) is 0 Å². The van der Waals surface area contributed by atoms with E-state index in [1.807, 2.05) is 30.5 Å². The number of halogens is 1. The molecule has 158 valence electrons. The maximum absolute atomic E-state index is 6.11. The van der Waals surface area contributed by atoms with Crippen molar-refractivity contribution in [2.24, 2.45) is 0 Å². The van der Waals surface area contributed by atoms with Crippen LogP contribution in [-0.2, 0) is 19.6 Å². The number of pyridine rings is 1. The van der Waals surface area contributed by atoms with Gasteiger partial charge in [-0.25, -0.2) is 0 Å². The molecule has 31 heavy (non-hydrogen) atoms. The standard InChI is InChI=1S/C26H27ClN4/c1-31(2)23-10-7-19(8-11-23)16-28-17-20-5-3-4-6-21(20)18-30-25-13-14-29-26-15-22(27)9-12-24(25)26/h3-15,28H,16-18H2,1-2H3,(H,29,30). The Hall–Kier alpha value is -3.08. The van der Waals surface area contributed by atoms with Crippen LogP contribution >= 0.6 is 11.6 Å². The molecule has 1 aromatic heterocycles. The number of nitrogens with one attached hydrogen (secondary N) is 2. The van der Waals surface area contributed by atoms with E-state index in [9.17, 15) is 0 Å². The highest BCUT2D eigenvalue weighted by Gasteiger charge is 2.06. The molecule has 1 heterocycles. The van der Waals surface area contributed by atoms with E-state index in [1.165, 1.54) is 22.4 Å². The van der Waals surface area contributed by atoms with Gasteiger partial charge in [0.1, 0.15) is 0 Å². The van der Waals surface area contributed by atoms with Gasteiger partial charge in [-0.2, -0.15) is 0 Å². The number of rotatable bonds is 8. The number of anilines is 2. The third-order valence-corrected chi connectivity index (χ3v) is 5.62. The Morgan fingerprint density at radius 3 is 2.32 bits per heavy atom. The minimum absolute atomic E-state index is 0.699. The Morgan fingerprint density at radius 2 is 1.58 bits per heavy atom. The van der Waals surface area contributed by atoms with Gasteiger partial charge in [0.15, 0.2) is 0 Å². The molecule has 0 amide bonds. The Kier molecular flexibility index (Phi) is 6.70. The van der Waals surface area contributed by atoms with Gasteiger partial charge in [0.25, 0.3) is 0 Å². The predicted octanol–water partition coefficient (Wildman–Crippen LogP) is 5.86. The summed E-state index contributed by atoms with van der Waals surface area (Å²) in [6.45, 7) is 2.41. The summed E-state index contributed by atoms with van der Waals surface area (Å²) in [5.74, 6) is 0. The van der Waals surface area contributed by atoms with Crippen molar-refractivity contribution in [1.82, 2.24) is 10.3 Å². The molecule has 5 heteroatoms. The zero-order chi connectivity index (χ0) is 21.6. The fourth-order valence-corrected chi connectivity index (χ4v) is 3.79. The van der Waals surface area contributed by atoms with Crippen LogP contribution < -0.4 is 15.5 Å². The molecule has 0 radical (unpaired) electrons. The largest absolute Gasteiger partial charge is 0.380 e. The number of benzene rings is 3. The second kappa shape index (κ2) is 9.82. The quantitative estimate of drug-likeness (QED) is 0.367. The summed E-state index contributed by atoms with van der Waals surface area (Å²) >= 11 is 6.11. The van der Waals surface area contributed by atoms with Crippen molar-refractivity contribution in [3.8, 4) is 0 Å². The second-order valence-corrected chi connectivity index (χ2v) is 8.24. The fourth-order valence-electron chi connectivity index (χ4n) is 3.62. The lowest BCUT2D eigenvalue weighted by Gasteiger charge is -2.15. The molecular formula is C26H27ClN4. The van der Waals surface area contributed by atoms with Crippen LogP contribution in [0, 0.1) is 0 Å². The first kappa shape index (κ1) is 21.2. The first-order valence-electron chi connectivity index (χ1n) is 10.4. The zero-order valence-corrected chi connectivity index (χ0v) is 18.7. The third kappa shape index (κ3) is 5.35. The molecular weight excluding hydrogens is 404 g/mol.